The predicted octanol–water partition coefficient (Wildman–Crippen LogP) is 3.68. The van der Waals surface area contributed by atoms with Gasteiger partial charge in [-0.25, -0.2) is 4.39 Å². The highest BCUT2D eigenvalue weighted by atomic mass is 19.1. The highest BCUT2D eigenvalue weighted by Gasteiger charge is 2.16. The maximum absolute atomic E-state index is 13.8. The molecule has 0 radical (unpaired) electrons. The van der Waals surface area contributed by atoms with Crippen LogP contribution in [0.15, 0.2) is 48.5 Å². The Morgan fingerprint density at radius 2 is 1.95 bits per heavy atom. The number of halogens is 1. The molecule has 2 rings (SSSR count). The summed E-state index contributed by atoms with van der Waals surface area (Å²) in [7, 11) is 1.52. The van der Waals surface area contributed by atoms with Crippen molar-refractivity contribution in [2.24, 2.45) is 0 Å². The molecule has 19 heavy (non-hydrogen) atoms. The van der Waals surface area contributed by atoms with Gasteiger partial charge in [-0.3, -0.25) is 0 Å². The van der Waals surface area contributed by atoms with Crippen molar-refractivity contribution in [2.75, 3.05) is 7.11 Å². The van der Waals surface area contributed by atoms with Gasteiger partial charge in [-0.05, 0) is 30.2 Å². The number of rotatable bonds is 4. The third kappa shape index (κ3) is 3.11. The minimum atomic E-state index is -0.516. The van der Waals surface area contributed by atoms with Crippen LogP contribution < -0.4 is 4.74 Å². The van der Waals surface area contributed by atoms with E-state index in [-0.39, 0.29) is 5.82 Å². The van der Waals surface area contributed by atoms with Gasteiger partial charge in [0.05, 0.1) is 19.1 Å². The van der Waals surface area contributed by atoms with Crippen LogP contribution >= 0.6 is 0 Å². The van der Waals surface area contributed by atoms with E-state index in [0.29, 0.717) is 17.7 Å². The van der Waals surface area contributed by atoms with E-state index in [1.54, 1.807) is 12.1 Å². The second-order valence-corrected chi connectivity index (χ2v) is 4.26. The van der Waals surface area contributed by atoms with Crippen molar-refractivity contribution in [3.63, 3.8) is 0 Å². The third-order valence-corrected chi connectivity index (χ3v) is 3.02. The zero-order valence-electron chi connectivity index (χ0n) is 10.6. The predicted molar refractivity (Wildman–Crippen MR) is 71.5 cm³/mol. The molecular formula is C16H14FNO. The van der Waals surface area contributed by atoms with E-state index in [2.05, 4.69) is 6.07 Å². The molecule has 1 atom stereocenters. The fraction of sp³-hybridized carbons (Fsp3) is 0.188. The molecule has 0 heterocycles. The van der Waals surface area contributed by atoms with Crippen LogP contribution in [-0.2, 0) is 6.42 Å². The van der Waals surface area contributed by atoms with Crippen LogP contribution in [0.5, 0.6) is 5.75 Å². The highest BCUT2D eigenvalue weighted by Crippen LogP contribution is 2.26. The van der Waals surface area contributed by atoms with Gasteiger partial charge in [0.25, 0.3) is 0 Å². The number of methoxy groups -OCH3 is 1. The number of hydrogen-bond acceptors (Lipinski definition) is 2. The number of nitrogens with zero attached hydrogens (tertiary/aromatic N) is 1. The molecule has 2 aromatic carbocycles. The van der Waals surface area contributed by atoms with Gasteiger partial charge in [-0.2, -0.15) is 5.26 Å². The molecule has 0 aliphatic heterocycles. The summed E-state index contributed by atoms with van der Waals surface area (Å²) in [6.07, 6.45) is 0.488. The molecule has 0 unspecified atom stereocenters. The SMILES string of the molecule is COc1ccc(F)c([C@@H](C#N)Cc2ccccc2)c1. The van der Waals surface area contributed by atoms with Crippen molar-refractivity contribution >= 4 is 0 Å². The number of nitriles is 1. The van der Waals surface area contributed by atoms with Gasteiger partial charge in [0.1, 0.15) is 11.6 Å². The van der Waals surface area contributed by atoms with Gasteiger partial charge in [-0.15, -0.1) is 0 Å². The summed E-state index contributed by atoms with van der Waals surface area (Å²) in [6, 6.07) is 16.2. The van der Waals surface area contributed by atoms with E-state index in [1.807, 2.05) is 30.3 Å². The summed E-state index contributed by atoms with van der Waals surface area (Å²) in [4.78, 5) is 0. The first-order valence-corrected chi connectivity index (χ1v) is 6.01. The van der Waals surface area contributed by atoms with Crippen molar-refractivity contribution < 1.29 is 9.13 Å². The molecule has 0 aromatic heterocycles. The van der Waals surface area contributed by atoms with Crippen LogP contribution in [0.3, 0.4) is 0 Å². The molecule has 0 aliphatic rings. The average Bonchev–Trinajstić information content (AvgIpc) is 2.47. The van der Waals surface area contributed by atoms with Crippen molar-refractivity contribution in [3.05, 3.63) is 65.5 Å². The molecule has 0 amide bonds. The van der Waals surface area contributed by atoms with Gasteiger partial charge in [0.2, 0.25) is 0 Å². The summed E-state index contributed by atoms with van der Waals surface area (Å²) in [6.45, 7) is 0. The van der Waals surface area contributed by atoms with E-state index >= 15 is 0 Å². The smallest absolute Gasteiger partial charge is 0.128 e. The largest absolute Gasteiger partial charge is 0.497 e. The number of ether oxygens (including phenoxy) is 1. The Labute approximate surface area is 112 Å². The van der Waals surface area contributed by atoms with E-state index in [1.165, 1.54) is 13.2 Å². The Morgan fingerprint density at radius 1 is 1.21 bits per heavy atom. The quantitative estimate of drug-likeness (QED) is 0.834. The van der Waals surface area contributed by atoms with Crippen molar-refractivity contribution in [1.82, 2.24) is 0 Å². The van der Waals surface area contributed by atoms with Gasteiger partial charge >= 0.3 is 0 Å². The molecule has 0 fully saturated rings. The van der Waals surface area contributed by atoms with Crippen LogP contribution in [0, 0.1) is 17.1 Å². The van der Waals surface area contributed by atoms with E-state index in [4.69, 9.17) is 4.74 Å². The van der Waals surface area contributed by atoms with E-state index in [9.17, 15) is 9.65 Å². The molecular weight excluding hydrogens is 241 g/mol. The molecule has 2 nitrogen and oxygen atoms in total. The lowest BCUT2D eigenvalue weighted by molar-refractivity contribution is 0.412. The van der Waals surface area contributed by atoms with Crippen molar-refractivity contribution in [3.8, 4) is 11.8 Å². The maximum Gasteiger partial charge on any atom is 0.128 e. The van der Waals surface area contributed by atoms with E-state index < -0.39 is 5.92 Å². The second-order valence-electron chi connectivity index (χ2n) is 4.26. The third-order valence-electron chi connectivity index (χ3n) is 3.02. The average molecular weight is 255 g/mol. The second kappa shape index (κ2) is 6.01. The minimum absolute atomic E-state index is 0.372. The first-order chi connectivity index (χ1) is 9.24. The molecule has 0 aliphatic carbocycles. The zero-order chi connectivity index (χ0) is 13.7. The summed E-state index contributed by atoms with van der Waals surface area (Å²) >= 11 is 0. The number of benzene rings is 2. The Bertz CT molecular complexity index is 589. The van der Waals surface area contributed by atoms with Crippen LogP contribution in [0.25, 0.3) is 0 Å². The molecule has 0 spiro atoms. The van der Waals surface area contributed by atoms with Crippen LogP contribution in [0.2, 0.25) is 0 Å². The van der Waals surface area contributed by atoms with Crippen LogP contribution in [-0.4, -0.2) is 7.11 Å². The van der Waals surface area contributed by atoms with Gasteiger partial charge in [0.15, 0.2) is 0 Å². The zero-order valence-corrected chi connectivity index (χ0v) is 10.6. The molecule has 2 aromatic rings. The fourth-order valence-electron chi connectivity index (χ4n) is 1.99. The Morgan fingerprint density at radius 3 is 2.58 bits per heavy atom. The minimum Gasteiger partial charge on any atom is -0.497 e. The summed E-state index contributed by atoms with van der Waals surface area (Å²) in [5.74, 6) is -0.328. The Kier molecular flexibility index (Phi) is 4.15. The lowest BCUT2D eigenvalue weighted by Crippen LogP contribution is -2.03. The van der Waals surface area contributed by atoms with E-state index in [0.717, 1.165) is 5.56 Å². The molecule has 0 bridgehead atoms. The molecule has 96 valence electrons. The highest BCUT2D eigenvalue weighted by molar-refractivity contribution is 5.36. The van der Waals surface area contributed by atoms with Gasteiger partial charge in [0, 0.05) is 5.56 Å². The Balaban J connectivity index is 2.30. The summed E-state index contributed by atoms with van der Waals surface area (Å²) in [5.41, 5.74) is 1.39. The van der Waals surface area contributed by atoms with Crippen LogP contribution in [0.1, 0.15) is 17.0 Å². The normalized spacial score (nSPS) is 11.6. The van der Waals surface area contributed by atoms with Crippen LogP contribution in [0.4, 0.5) is 4.39 Å². The van der Waals surface area contributed by atoms with Crippen molar-refractivity contribution in [1.29, 1.82) is 5.26 Å². The topological polar surface area (TPSA) is 33.0 Å². The van der Waals surface area contributed by atoms with Crippen molar-refractivity contribution in [2.45, 2.75) is 12.3 Å². The summed E-state index contributed by atoms with van der Waals surface area (Å²) in [5, 5.41) is 9.27. The maximum atomic E-state index is 13.8. The summed E-state index contributed by atoms with van der Waals surface area (Å²) < 4.78 is 18.9. The Hall–Kier alpha value is -2.34. The molecule has 0 N–H and O–H groups in total. The molecule has 3 heteroatoms. The fourth-order valence-corrected chi connectivity index (χ4v) is 1.99. The lowest BCUT2D eigenvalue weighted by Gasteiger charge is -2.12. The first-order valence-electron chi connectivity index (χ1n) is 6.01. The monoisotopic (exact) mass is 255 g/mol. The first kappa shape index (κ1) is 13.1. The molecule has 0 saturated carbocycles. The standard InChI is InChI=1S/C16H14FNO/c1-19-14-7-8-16(17)15(10-14)13(11-18)9-12-5-3-2-4-6-12/h2-8,10,13H,9H2,1H3/t13-/m1/s1. The lowest BCUT2D eigenvalue weighted by atomic mass is 9.92. The number of hydrogen-bond donors (Lipinski definition) is 0. The molecule has 0 saturated heterocycles. The van der Waals surface area contributed by atoms with Gasteiger partial charge in [-0.1, -0.05) is 30.3 Å². The van der Waals surface area contributed by atoms with Gasteiger partial charge < -0.3 is 4.74 Å².